The minimum Gasteiger partial charge on any atom is -0.252 e. The van der Waals surface area contributed by atoms with Crippen molar-refractivity contribution in [2.24, 2.45) is 0 Å². The highest BCUT2D eigenvalue weighted by atomic mass is 16.1. The van der Waals surface area contributed by atoms with Gasteiger partial charge < -0.3 is 0 Å². The maximum atomic E-state index is 11.6. The van der Waals surface area contributed by atoms with Crippen molar-refractivity contribution in [1.29, 1.82) is 0 Å². The molecule has 3 aromatic heterocycles. The van der Waals surface area contributed by atoms with Crippen LogP contribution in [0.15, 0.2) is 23.1 Å². The Bertz CT molecular complexity index is 852. The Labute approximate surface area is 116 Å². The molecule has 0 aliphatic heterocycles. The molecule has 1 N–H and O–H groups in total. The fraction of sp³-hybridized carbons (Fsp3) is 0.400. The minimum atomic E-state index is -0.222. The van der Waals surface area contributed by atoms with Crippen molar-refractivity contribution in [3.8, 4) is 0 Å². The topological polar surface area (TPSA) is 63.0 Å². The van der Waals surface area contributed by atoms with E-state index in [0.29, 0.717) is 5.65 Å². The van der Waals surface area contributed by atoms with Crippen LogP contribution in [0.25, 0.3) is 16.6 Å². The Morgan fingerprint density at radius 1 is 1.35 bits per heavy atom. The summed E-state index contributed by atoms with van der Waals surface area (Å²) in [5.41, 5.74) is 3.59. The fourth-order valence-electron chi connectivity index (χ4n) is 2.57. The number of aromatic amines is 1. The van der Waals surface area contributed by atoms with Gasteiger partial charge in [0.25, 0.3) is 0 Å². The predicted molar refractivity (Wildman–Crippen MR) is 79.2 cm³/mol. The van der Waals surface area contributed by atoms with Crippen molar-refractivity contribution < 1.29 is 0 Å². The molecule has 20 heavy (non-hydrogen) atoms. The second kappa shape index (κ2) is 4.16. The summed E-state index contributed by atoms with van der Waals surface area (Å²) in [6.07, 6.45) is 2.62. The van der Waals surface area contributed by atoms with Crippen molar-refractivity contribution >= 4 is 16.6 Å². The summed E-state index contributed by atoms with van der Waals surface area (Å²) in [6, 6.07) is 3.98. The lowest BCUT2D eigenvalue weighted by molar-refractivity contribution is 0.564. The van der Waals surface area contributed by atoms with Gasteiger partial charge in [0, 0.05) is 22.7 Å². The number of fused-ring (bicyclic) bond motifs is 3. The molecule has 5 heteroatoms. The van der Waals surface area contributed by atoms with Crippen LogP contribution in [0.1, 0.15) is 39.0 Å². The zero-order valence-corrected chi connectivity index (χ0v) is 12.2. The highest BCUT2D eigenvalue weighted by Gasteiger charge is 2.20. The molecular formula is C15H18N4O. The number of hydrogen-bond donors (Lipinski definition) is 1. The first kappa shape index (κ1) is 12.8. The normalized spacial score (nSPS) is 12.4. The second-order valence-electron chi connectivity index (χ2n) is 6.07. The van der Waals surface area contributed by atoms with Crippen LogP contribution >= 0.6 is 0 Å². The van der Waals surface area contributed by atoms with Gasteiger partial charge in [-0.2, -0.15) is 5.10 Å². The summed E-state index contributed by atoms with van der Waals surface area (Å²) >= 11 is 0. The molecule has 5 nitrogen and oxygen atoms in total. The van der Waals surface area contributed by atoms with Crippen LogP contribution < -0.4 is 5.69 Å². The maximum Gasteiger partial charge on any atom is 0.347 e. The Morgan fingerprint density at radius 3 is 2.75 bits per heavy atom. The summed E-state index contributed by atoms with van der Waals surface area (Å²) in [5, 5.41) is 7.49. The first-order valence-electron chi connectivity index (χ1n) is 6.81. The number of pyridine rings is 2. The van der Waals surface area contributed by atoms with E-state index in [2.05, 4.69) is 44.0 Å². The predicted octanol–water partition coefficient (Wildman–Crippen LogP) is 2.43. The lowest BCUT2D eigenvalue weighted by atomic mass is 9.87. The highest BCUT2D eigenvalue weighted by Crippen LogP contribution is 2.28. The SMILES string of the molecule is CCc1cc2c(ccn3c(=O)[nH]nc23)nc1C(C)(C)C. The number of aromatic nitrogens is 4. The lowest BCUT2D eigenvalue weighted by Crippen LogP contribution is -2.17. The van der Waals surface area contributed by atoms with Crippen molar-refractivity contribution in [2.45, 2.75) is 39.5 Å². The van der Waals surface area contributed by atoms with E-state index >= 15 is 0 Å². The number of nitrogens with zero attached hydrogens (tertiary/aromatic N) is 3. The van der Waals surface area contributed by atoms with Crippen molar-refractivity contribution in [3.05, 3.63) is 40.1 Å². The molecule has 0 unspecified atom stereocenters. The third-order valence-corrected chi connectivity index (χ3v) is 3.55. The number of H-pyrrole nitrogens is 1. The largest absolute Gasteiger partial charge is 0.347 e. The third kappa shape index (κ3) is 1.81. The van der Waals surface area contributed by atoms with Gasteiger partial charge in [-0.1, -0.05) is 27.7 Å². The van der Waals surface area contributed by atoms with Gasteiger partial charge in [0.15, 0.2) is 5.65 Å². The number of hydrogen-bond acceptors (Lipinski definition) is 3. The fourth-order valence-corrected chi connectivity index (χ4v) is 2.57. The minimum absolute atomic E-state index is 0.00307. The van der Waals surface area contributed by atoms with Gasteiger partial charge in [0.2, 0.25) is 0 Å². The van der Waals surface area contributed by atoms with Crippen LogP contribution in [0.2, 0.25) is 0 Å². The van der Waals surface area contributed by atoms with Gasteiger partial charge >= 0.3 is 5.69 Å². The standard InChI is InChI=1S/C15H18N4O/c1-5-9-8-10-11(16-12(9)15(2,3)4)6-7-19-13(10)17-18-14(19)20/h6-8H,5H2,1-4H3,(H,18,20). The average molecular weight is 270 g/mol. The van der Waals surface area contributed by atoms with E-state index in [4.69, 9.17) is 4.98 Å². The van der Waals surface area contributed by atoms with Crippen LogP contribution in [0.4, 0.5) is 0 Å². The van der Waals surface area contributed by atoms with Gasteiger partial charge in [-0.25, -0.2) is 14.3 Å². The van der Waals surface area contributed by atoms with E-state index < -0.39 is 0 Å². The molecule has 0 saturated heterocycles. The van der Waals surface area contributed by atoms with Crippen LogP contribution in [0, 0.1) is 0 Å². The molecule has 0 aliphatic rings. The zero-order chi connectivity index (χ0) is 14.5. The summed E-state index contributed by atoms with van der Waals surface area (Å²) in [7, 11) is 0. The van der Waals surface area contributed by atoms with Crippen molar-refractivity contribution in [1.82, 2.24) is 19.6 Å². The van der Waals surface area contributed by atoms with Gasteiger partial charge in [-0.05, 0) is 24.1 Å². The number of rotatable bonds is 1. The number of nitrogens with one attached hydrogen (secondary N) is 1. The Hall–Kier alpha value is -2.17. The van der Waals surface area contributed by atoms with Gasteiger partial charge in [-0.15, -0.1) is 0 Å². The highest BCUT2D eigenvalue weighted by molar-refractivity contribution is 5.91. The first-order chi connectivity index (χ1) is 9.41. The van der Waals surface area contributed by atoms with E-state index in [0.717, 1.165) is 23.0 Å². The Balaban J connectivity index is 2.44. The summed E-state index contributed by atoms with van der Waals surface area (Å²) in [6.45, 7) is 8.61. The molecule has 0 aliphatic carbocycles. The maximum absolute atomic E-state index is 11.6. The van der Waals surface area contributed by atoms with Crippen molar-refractivity contribution in [2.75, 3.05) is 0 Å². The molecule has 0 bridgehead atoms. The quantitative estimate of drug-likeness (QED) is 0.738. The molecule has 0 saturated carbocycles. The van der Waals surface area contributed by atoms with E-state index in [1.54, 1.807) is 6.20 Å². The first-order valence-corrected chi connectivity index (χ1v) is 6.81. The molecule has 0 fully saturated rings. The summed E-state index contributed by atoms with van der Waals surface area (Å²) in [4.78, 5) is 16.4. The molecule has 3 rings (SSSR count). The monoisotopic (exact) mass is 270 g/mol. The zero-order valence-electron chi connectivity index (χ0n) is 12.2. The molecule has 0 spiro atoms. The molecule has 0 amide bonds. The molecule has 0 radical (unpaired) electrons. The van der Waals surface area contributed by atoms with Crippen LogP contribution in [0.5, 0.6) is 0 Å². The van der Waals surface area contributed by atoms with E-state index in [1.165, 1.54) is 9.96 Å². The molecular weight excluding hydrogens is 252 g/mol. The molecule has 104 valence electrons. The smallest absolute Gasteiger partial charge is 0.252 e. The van der Waals surface area contributed by atoms with Crippen LogP contribution in [0.3, 0.4) is 0 Å². The molecule has 0 atom stereocenters. The molecule has 3 heterocycles. The van der Waals surface area contributed by atoms with Crippen molar-refractivity contribution in [3.63, 3.8) is 0 Å². The molecule has 0 aromatic carbocycles. The van der Waals surface area contributed by atoms with E-state index in [9.17, 15) is 4.79 Å². The van der Waals surface area contributed by atoms with Crippen LogP contribution in [-0.2, 0) is 11.8 Å². The summed E-state index contributed by atoms with van der Waals surface area (Å²) < 4.78 is 1.51. The third-order valence-electron chi connectivity index (χ3n) is 3.55. The van der Waals surface area contributed by atoms with E-state index in [-0.39, 0.29) is 11.1 Å². The number of aryl methyl sites for hydroxylation is 1. The molecule has 3 aromatic rings. The second-order valence-corrected chi connectivity index (χ2v) is 6.07. The van der Waals surface area contributed by atoms with E-state index in [1.807, 2.05) is 6.07 Å². The van der Waals surface area contributed by atoms with Gasteiger partial charge in [-0.3, -0.25) is 4.98 Å². The Kier molecular flexibility index (Phi) is 2.67. The van der Waals surface area contributed by atoms with Crippen LogP contribution in [-0.4, -0.2) is 19.6 Å². The van der Waals surface area contributed by atoms with Gasteiger partial charge in [0.1, 0.15) is 0 Å². The summed E-state index contributed by atoms with van der Waals surface area (Å²) in [5.74, 6) is 0. The Morgan fingerprint density at radius 2 is 2.10 bits per heavy atom. The average Bonchev–Trinajstić information content (AvgIpc) is 2.78. The van der Waals surface area contributed by atoms with Gasteiger partial charge in [0.05, 0.1) is 5.52 Å². The lowest BCUT2D eigenvalue weighted by Gasteiger charge is -2.21.